The van der Waals surface area contributed by atoms with E-state index in [0.717, 1.165) is 19.6 Å². The lowest BCUT2D eigenvalue weighted by atomic mass is 10.2. The standard InChI is InChI=1S/C14H16N4O2S/c19-13-2-1-12(15-16-13)14(20)18-6-4-17(5-7-18)9-11-3-8-21-10-11/h1-3,8,10H,4-7,9H2,(H,16,19). The monoisotopic (exact) mass is 304 g/mol. The minimum Gasteiger partial charge on any atom is -0.335 e. The smallest absolute Gasteiger partial charge is 0.274 e. The Morgan fingerprint density at radius 1 is 1.24 bits per heavy atom. The highest BCUT2D eigenvalue weighted by molar-refractivity contribution is 7.07. The molecule has 3 rings (SSSR count). The fraction of sp³-hybridized carbons (Fsp3) is 0.357. The molecule has 0 atom stereocenters. The van der Waals surface area contributed by atoms with Gasteiger partial charge in [-0.05, 0) is 28.5 Å². The number of carbonyl (C=O) groups excluding carboxylic acids is 1. The maximum atomic E-state index is 12.3. The van der Waals surface area contributed by atoms with Crippen molar-refractivity contribution >= 4 is 17.2 Å². The summed E-state index contributed by atoms with van der Waals surface area (Å²) in [6.07, 6.45) is 0. The van der Waals surface area contributed by atoms with Crippen molar-refractivity contribution in [2.75, 3.05) is 26.2 Å². The van der Waals surface area contributed by atoms with Crippen molar-refractivity contribution in [2.45, 2.75) is 6.54 Å². The predicted octanol–water partition coefficient (Wildman–Crippen LogP) is 0.789. The summed E-state index contributed by atoms with van der Waals surface area (Å²) in [6.45, 7) is 4.01. The van der Waals surface area contributed by atoms with E-state index >= 15 is 0 Å². The highest BCUT2D eigenvalue weighted by Crippen LogP contribution is 2.12. The van der Waals surface area contributed by atoms with E-state index in [9.17, 15) is 9.59 Å². The van der Waals surface area contributed by atoms with Crippen LogP contribution < -0.4 is 5.56 Å². The van der Waals surface area contributed by atoms with Crippen LogP contribution in [0, 0.1) is 0 Å². The summed E-state index contributed by atoms with van der Waals surface area (Å²) in [7, 11) is 0. The quantitative estimate of drug-likeness (QED) is 0.910. The third-order valence-electron chi connectivity index (χ3n) is 3.54. The molecular formula is C14H16N4O2S. The van der Waals surface area contributed by atoms with Crippen LogP contribution in [0.15, 0.2) is 33.8 Å². The third-order valence-corrected chi connectivity index (χ3v) is 4.28. The van der Waals surface area contributed by atoms with Gasteiger partial charge in [-0.3, -0.25) is 14.5 Å². The van der Waals surface area contributed by atoms with Crippen molar-refractivity contribution in [2.24, 2.45) is 0 Å². The summed E-state index contributed by atoms with van der Waals surface area (Å²) >= 11 is 1.70. The van der Waals surface area contributed by atoms with Crippen LogP contribution in [0.2, 0.25) is 0 Å². The first-order valence-corrected chi connectivity index (χ1v) is 7.75. The highest BCUT2D eigenvalue weighted by atomic mass is 32.1. The van der Waals surface area contributed by atoms with Crippen molar-refractivity contribution < 1.29 is 4.79 Å². The number of aromatic amines is 1. The highest BCUT2D eigenvalue weighted by Gasteiger charge is 2.23. The van der Waals surface area contributed by atoms with Crippen molar-refractivity contribution in [3.8, 4) is 0 Å². The van der Waals surface area contributed by atoms with Gasteiger partial charge in [0.1, 0.15) is 5.69 Å². The average Bonchev–Trinajstić information content (AvgIpc) is 3.01. The molecule has 6 nitrogen and oxygen atoms in total. The second-order valence-electron chi connectivity index (χ2n) is 5.01. The Balaban J connectivity index is 1.56. The van der Waals surface area contributed by atoms with Gasteiger partial charge in [-0.25, -0.2) is 5.10 Å². The van der Waals surface area contributed by atoms with Crippen LogP contribution in [0.4, 0.5) is 0 Å². The van der Waals surface area contributed by atoms with Crippen LogP contribution in [-0.2, 0) is 6.54 Å². The molecule has 0 aliphatic carbocycles. The van der Waals surface area contributed by atoms with Crippen LogP contribution in [0.5, 0.6) is 0 Å². The Kier molecular flexibility index (Phi) is 4.12. The summed E-state index contributed by atoms with van der Waals surface area (Å²) in [5, 5.41) is 10.3. The van der Waals surface area contributed by atoms with Crippen LogP contribution >= 0.6 is 11.3 Å². The first kappa shape index (κ1) is 14.0. The lowest BCUT2D eigenvalue weighted by Crippen LogP contribution is -2.48. The lowest BCUT2D eigenvalue weighted by Gasteiger charge is -2.34. The van der Waals surface area contributed by atoms with Crippen LogP contribution in [-0.4, -0.2) is 52.1 Å². The van der Waals surface area contributed by atoms with Gasteiger partial charge >= 0.3 is 0 Å². The summed E-state index contributed by atoms with van der Waals surface area (Å²) < 4.78 is 0. The summed E-state index contributed by atoms with van der Waals surface area (Å²) in [4.78, 5) is 27.3. The zero-order valence-electron chi connectivity index (χ0n) is 11.5. The molecule has 21 heavy (non-hydrogen) atoms. The Labute approximate surface area is 126 Å². The fourth-order valence-corrected chi connectivity index (χ4v) is 3.04. The van der Waals surface area contributed by atoms with Gasteiger partial charge in [0.05, 0.1) is 0 Å². The molecule has 110 valence electrons. The van der Waals surface area contributed by atoms with Gasteiger partial charge in [0, 0.05) is 38.8 Å². The Bertz CT molecular complexity index is 639. The van der Waals surface area contributed by atoms with Gasteiger partial charge in [0.2, 0.25) is 0 Å². The zero-order chi connectivity index (χ0) is 14.7. The number of carbonyl (C=O) groups is 1. The first-order valence-electron chi connectivity index (χ1n) is 6.81. The maximum Gasteiger partial charge on any atom is 0.274 e. The predicted molar refractivity (Wildman–Crippen MR) is 80.4 cm³/mol. The van der Waals surface area contributed by atoms with Crippen molar-refractivity contribution in [1.29, 1.82) is 0 Å². The number of aromatic nitrogens is 2. The van der Waals surface area contributed by atoms with E-state index in [-0.39, 0.29) is 11.5 Å². The van der Waals surface area contributed by atoms with Crippen LogP contribution in [0.3, 0.4) is 0 Å². The molecule has 7 heteroatoms. The molecule has 1 fully saturated rings. The second kappa shape index (κ2) is 6.19. The summed E-state index contributed by atoms with van der Waals surface area (Å²) in [6, 6.07) is 4.93. The molecule has 3 heterocycles. The van der Waals surface area contributed by atoms with E-state index in [1.807, 2.05) is 0 Å². The van der Waals surface area contributed by atoms with Crippen molar-refractivity contribution in [3.05, 3.63) is 50.6 Å². The molecule has 0 bridgehead atoms. The normalized spacial score (nSPS) is 16.1. The Hall–Kier alpha value is -1.99. The van der Waals surface area contributed by atoms with E-state index < -0.39 is 0 Å². The number of H-pyrrole nitrogens is 1. The number of hydrogen-bond acceptors (Lipinski definition) is 5. The minimum atomic E-state index is -0.299. The molecule has 1 aliphatic heterocycles. The number of thiophene rings is 1. The van der Waals surface area contributed by atoms with Gasteiger partial charge in [-0.2, -0.15) is 16.4 Å². The molecule has 0 unspecified atom stereocenters. The Morgan fingerprint density at radius 3 is 2.67 bits per heavy atom. The number of nitrogens with zero attached hydrogens (tertiary/aromatic N) is 3. The van der Waals surface area contributed by atoms with Gasteiger partial charge in [-0.1, -0.05) is 0 Å². The topological polar surface area (TPSA) is 69.3 Å². The van der Waals surface area contributed by atoms with Crippen molar-refractivity contribution in [1.82, 2.24) is 20.0 Å². The minimum absolute atomic E-state index is 0.124. The van der Waals surface area contributed by atoms with Crippen LogP contribution in [0.25, 0.3) is 0 Å². The van der Waals surface area contributed by atoms with Gasteiger partial charge in [0.25, 0.3) is 11.5 Å². The molecule has 1 aliphatic rings. The van der Waals surface area contributed by atoms with Crippen molar-refractivity contribution in [3.63, 3.8) is 0 Å². The van der Waals surface area contributed by atoms with E-state index in [1.165, 1.54) is 17.7 Å². The molecule has 1 saturated heterocycles. The molecule has 1 N–H and O–H groups in total. The SMILES string of the molecule is O=C(c1ccc(=O)[nH]n1)N1CCN(Cc2ccsc2)CC1. The molecule has 0 radical (unpaired) electrons. The average molecular weight is 304 g/mol. The molecule has 0 aromatic carbocycles. The van der Waals surface area contributed by atoms with E-state index in [4.69, 9.17) is 0 Å². The van der Waals surface area contributed by atoms with E-state index in [1.54, 1.807) is 16.2 Å². The van der Waals surface area contributed by atoms with Gasteiger partial charge in [0.15, 0.2) is 0 Å². The van der Waals surface area contributed by atoms with E-state index in [2.05, 4.69) is 31.9 Å². The van der Waals surface area contributed by atoms with Crippen LogP contribution in [0.1, 0.15) is 16.1 Å². The molecule has 0 saturated carbocycles. The number of hydrogen-bond donors (Lipinski definition) is 1. The molecule has 2 aromatic rings. The molecular weight excluding hydrogens is 288 g/mol. The summed E-state index contributed by atoms with van der Waals surface area (Å²) in [5.74, 6) is -0.124. The number of amides is 1. The largest absolute Gasteiger partial charge is 0.335 e. The number of rotatable bonds is 3. The number of piperazine rings is 1. The Morgan fingerprint density at radius 2 is 2.05 bits per heavy atom. The molecule has 0 spiro atoms. The van der Waals surface area contributed by atoms with Gasteiger partial charge in [-0.15, -0.1) is 0 Å². The summed E-state index contributed by atoms with van der Waals surface area (Å²) in [5.41, 5.74) is 1.31. The van der Waals surface area contributed by atoms with E-state index in [0.29, 0.717) is 18.8 Å². The molecule has 2 aromatic heterocycles. The third kappa shape index (κ3) is 3.37. The van der Waals surface area contributed by atoms with Gasteiger partial charge < -0.3 is 4.90 Å². The number of nitrogens with one attached hydrogen (secondary N) is 1. The second-order valence-corrected chi connectivity index (χ2v) is 5.79. The maximum absolute atomic E-state index is 12.3. The lowest BCUT2D eigenvalue weighted by molar-refractivity contribution is 0.0621. The molecule has 1 amide bonds. The first-order chi connectivity index (χ1) is 10.2. The fourth-order valence-electron chi connectivity index (χ4n) is 2.38. The zero-order valence-corrected chi connectivity index (χ0v) is 12.3.